The van der Waals surface area contributed by atoms with Crippen LogP contribution in [-0.4, -0.2) is 45.9 Å². The van der Waals surface area contributed by atoms with Crippen LogP contribution in [0.25, 0.3) is 22.6 Å². The number of carbonyl (C=O) groups excluding carboxylic acids is 1. The number of nitrogens with zero attached hydrogens (tertiary/aromatic N) is 5. The van der Waals surface area contributed by atoms with E-state index >= 15 is 0 Å². The number of carbonyl (C=O) groups is 1. The lowest BCUT2D eigenvalue weighted by atomic mass is 10.0. The highest BCUT2D eigenvalue weighted by Crippen LogP contribution is 2.29. The van der Waals surface area contributed by atoms with Crippen molar-refractivity contribution >= 4 is 22.8 Å². The van der Waals surface area contributed by atoms with Gasteiger partial charge in [-0.3, -0.25) is 4.68 Å². The lowest BCUT2D eigenvalue weighted by Crippen LogP contribution is -2.43. The normalized spacial score (nSPS) is 12.6. The molecule has 0 amide bonds. The average molecular weight is 343 g/mol. The highest BCUT2D eigenvalue weighted by atomic mass is 16.5. The summed E-state index contributed by atoms with van der Waals surface area (Å²) in [7, 11) is 5.02. The predicted octanol–water partition coefficient (Wildman–Crippen LogP) is 2.26. The second-order valence-corrected chi connectivity index (χ2v) is 6.18. The zero-order chi connectivity index (χ0) is 18.1. The molecule has 0 aliphatic rings. The van der Waals surface area contributed by atoms with Gasteiger partial charge < -0.3 is 14.1 Å². The monoisotopic (exact) mass is 343 g/mol. The van der Waals surface area contributed by atoms with Gasteiger partial charge >= 0.3 is 5.97 Å². The van der Waals surface area contributed by atoms with E-state index in [1.165, 1.54) is 7.11 Å². The fraction of sp³-hybridized carbons (Fsp3) is 0.412. The molecule has 0 aromatic carbocycles. The molecule has 0 spiro atoms. The molecule has 3 aromatic heterocycles. The second-order valence-electron chi connectivity index (χ2n) is 6.18. The number of aryl methyl sites for hydroxylation is 1. The summed E-state index contributed by atoms with van der Waals surface area (Å²) < 4.78 is 12.1. The van der Waals surface area contributed by atoms with Crippen molar-refractivity contribution in [1.29, 1.82) is 0 Å². The van der Waals surface area contributed by atoms with E-state index in [-0.39, 0.29) is 11.9 Å². The third kappa shape index (κ3) is 2.95. The summed E-state index contributed by atoms with van der Waals surface area (Å²) in [6, 6.07) is 3.09. The number of anilines is 1. The van der Waals surface area contributed by atoms with E-state index in [9.17, 15) is 4.79 Å². The molecular formula is C17H21N5O3. The first kappa shape index (κ1) is 16.9. The molecule has 0 N–H and O–H groups in total. The molecule has 3 rings (SSSR count). The van der Waals surface area contributed by atoms with Crippen LogP contribution in [0.3, 0.4) is 0 Å². The summed E-state index contributed by atoms with van der Waals surface area (Å²) >= 11 is 0. The molecule has 0 aliphatic carbocycles. The van der Waals surface area contributed by atoms with Gasteiger partial charge in [0.15, 0.2) is 17.2 Å². The Labute approximate surface area is 145 Å². The average Bonchev–Trinajstić information content (AvgIpc) is 3.24. The summed E-state index contributed by atoms with van der Waals surface area (Å²) in [4.78, 5) is 23.3. The molecule has 0 bridgehead atoms. The molecule has 0 fully saturated rings. The molecule has 8 heteroatoms. The van der Waals surface area contributed by atoms with Crippen molar-refractivity contribution in [3.8, 4) is 11.6 Å². The number of fused-ring (bicyclic) bond motifs is 1. The first-order valence-corrected chi connectivity index (χ1v) is 7.98. The Morgan fingerprint density at radius 3 is 2.72 bits per heavy atom. The van der Waals surface area contributed by atoms with Crippen LogP contribution < -0.4 is 4.90 Å². The maximum absolute atomic E-state index is 12.3. The first-order chi connectivity index (χ1) is 11.9. The number of likely N-dealkylation sites (N-methyl/N-ethyl adjacent to an activating group) is 1. The highest BCUT2D eigenvalue weighted by molar-refractivity contribution is 5.91. The van der Waals surface area contributed by atoms with Gasteiger partial charge in [-0.05, 0) is 18.1 Å². The maximum atomic E-state index is 12.3. The summed E-state index contributed by atoms with van der Waals surface area (Å²) in [6.07, 6.45) is 3.27. The van der Waals surface area contributed by atoms with Crippen molar-refractivity contribution in [1.82, 2.24) is 19.7 Å². The molecule has 0 saturated heterocycles. The van der Waals surface area contributed by atoms with E-state index in [4.69, 9.17) is 9.15 Å². The number of rotatable bonds is 5. The van der Waals surface area contributed by atoms with E-state index in [1.54, 1.807) is 29.3 Å². The first-order valence-electron chi connectivity index (χ1n) is 7.98. The molecule has 1 atom stereocenters. The highest BCUT2D eigenvalue weighted by Gasteiger charge is 2.30. The quantitative estimate of drug-likeness (QED) is 0.657. The molecule has 0 aliphatic heterocycles. The Kier molecular flexibility index (Phi) is 4.43. The van der Waals surface area contributed by atoms with Crippen LogP contribution in [0.1, 0.15) is 13.8 Å². The fourth-order valence-corrected chi connectivity index (χ4v) is 2.92. The molecule has 0 saturated carbocycles. The Morgan fingerprint density at radius 2 is 2.12 bits per heavy atom. The fourth-order valence-electron chi connectivity index (χ4n) is 2.92. The summed E-state index contributed by atoms with van der Waals surface area (Å²) in [5.74, 6) is 1.32. The third-order valence-electron chi connectivity index (χ3n) is 4.14. The topological polar surface area (TPSA) is 86.3 Å². The minimum absolute atomic E-state index is 0.0335. The van der Waals surface area contributed by atoms with Gasteiger partial charge in [0.2, 0.25) is 0 Å². The molecule has 8 nitrogen and oxygen atoms in total. The van der Waals surface area contributed by atoms with Crippen LogP contribution in [0.4, 0.5) is 5.82 Å². The lowest BCUT2D eigenvalue weighted by molar-refractivity contribution is -0.143. The van der Waals surface area contributed by atoms with Crippen LogP contribution in [0.5, 0.6) is 0 Å². The van der Waals surface area contributed by atoms with Crippen molar-refractivity contribution in [3.63, 3.8) is 0 Å². The van der Waals surface area contributed by atoms with Crippen molar-refractivity contribution in [2.24, 2.45) is 13.0 Å². The number of aromatic nitrogens is 4. The minimum atomic E-state index is -0.479. The maximum Gasteiger partial charge on any atom is 0.328 e. The van der Waals surface area contributed by atoms with Gasteiger partial charge in [0.25, 0.3) is 0 Å². The minimum Gasteiger partial charge on any atom is -0.467 e. The number of methoxy groups -OCH3 is 1. The summed E-state index contributed by atoms with van der Waals surface area (Å²) in [5, 5.41) is 5.03. The van der Waals surface area contributed by atoms with Crippen LogP contribution in [0, 0.1) is 5.92 Å². The lowest BCUT2D eigenvalue weighted by Gasteiger charge is -2.30. The van der Waals surface area contributed by atoms with E-state index in [2.05, 4.69) is 15.1 Å². The number of furan rings is 1. The van der Waals surface area contributed by atoms with Gasteiger partial charge in [-0.2, -0.15) is 5.10 Å². The van der Waals surface area contributed by atoms with Crippen LogP contribution in [0.2, 0.25) is 0 Å². The van der Waals surface area contributed by atoms with Crippen LogP contribution in [0.15, 0.2) is 29.0 Å². The SMILES string of the molecule is COC(=O)[C@H](C(C)C)N(C)c1nc(-c2ccco2)nc2c1cnn2C. The second kappa shape index (κ2) is 6.54. The molecule has 25 heavy (non-hydrogen) atoms. The van der Waals surface area contributed by atoms with Gasteiger partial charge in [-0.25, -0.2) is 14.8 Å². The summed E-state index contributed by atoms with van der Waals surface area (Å²) in [5.41, 5.74) is 0.663. The van der Waals surface area contributed by atoms with Crippen LogP contribution in [-0.2, 0) is 16.6 Å². The van der Waals surface area contributed by atoms with Gasteiger partial charge in [0.1, 0.15) is 11.9 Å². The molecule has 132 valence electrons. The molecule has 3 heterocycles. The number of esters is 1. The molecule has 0 unspecified atom stereocenters. The third-order valence-corrected chi connectivity index (χ3v) is 4.14. The van der Waals surface area contributed by atoms with E-state index in [1.807, 2.05) is 32.8 Å². The smallest absolute Gasteiger partial charge is 0.328 e. The van der Waals surface area contributed by atoms with Gasteiger partial charge in [0.05, 0.1) is 25.0 Å². The number of ether oxygens (including phenoxy) is 1. The van der Waals surface area contributed by atoms with E-state index in [0.29, 0.717) is 23.0 Å². The van der Waals surface area contributed by atoms with Crippen molar-refractivity contribution < 1.29 is 13.9 Å². The zero-order valence-corrected chi connectivity index (χ0v) is 14.9. The molecule has 3 aromatic rings. The van der Waals surface area contributed by atoms with Crippen molar-refractivity contribution in [2.45, 2.75) is 19.9 Å². The van der Waals surface area contributed by atoms with Crippen molar-refractivity contribution in [3.05, 3.63) is 24.6 Å². The molecular weight excluding hydrogens is 322 g/mol. The number of hydrogen-bond donors (Lipinski definition) is 0. The number of hydrogen-bond acceptors (Lipinski definition) is 7. The Bertz CT molecular complexity index is 885. The van der Waals surface area contributed by atoms with Gasteiger partial charge in [-0.1, -0.05) is 13.8 Å². The Balaban J connectivity index is 2.18. The standard InChI is InChI=1S/C17H21N5O3/c1-10(2)13(17(23)24-5)21(3)15-11-9-18-22(4)16(11)20-14(19-15)12-7-6-8-25-12/h6-10,13H,1-5H3/t13-/m0/s1. The van der Waals surface area contributed by atoms with Gasteiger partial charge in [-0.15, -0.1) is 0 Å². The van der Waals surface area contributed by atoms with Crippen LogP contribution >= 0.6 is 0 Å². The van der Waals surface area contributed by atoms with Gasteiger partial charge in [0, 0.05) is 14.1 Å². The van der Waals surface area contributed by atoms with E-state index in [0.717, 1.165) is 5.39 Å². The molecule has 0 radical (unpaired) electrons. The Morgan fingerprint density at radius 1 is 1.36 bits per heavy atom. The zero-order valence-electron chi connectivity index (χ0n) is 14.9. The Hall–Kier alpha value is -2.90. The predicted molar refractivity (Wildman–Crippen MR) is 93.1 cm³/mol. The summed E-state index contributed by atoms with van der Waals surface area (Å²) in [6.45, 7) is 3.93. The largest absolute Gasteiger partial charge is 0.467 e. The van der Waals surface area contributed by atoms with Crippen molar-refractivity contribution in [2.75, 3.05) is 19.1 Å². The van der Waals surface area contributed by atoms with E-state index < -0.39 is 6.04 Å².